The summed E-state index contributed by atoms with van der Waals surface area (Å²) in [4.78, 5) is 4.47. The number of benzene rings is 1. The minimum atomic E-state index is -4.37. The van der Waals surface area contributed by atoms with Crippen molar-refractivity contribution in [2.75, 3.05) is 31.7 Å². The van der Waals surface area contributed by atoms with Crippen molar-refractivity contribution in [3.05, 3.63) is 29.8 Å². The van der Waals surface area contributed by atoms with Crippen molar-refractivity contribution < 1.29 is 26.3 Å². The van der Waals surface area contributed by atoms with Crippen molar-refractivity contribution in [3.63, 3.8) is 0 Å². The molecule has 2 N–H and O–H groups in total. The molecule has 0 aliphatic heterocycles. The van der Waals surface area contributed by atoms with Gasteiger partial charge in [-0.15, -0.1) is 24.0 Å². The van der Waals surface area contributed by atoms with Gasteiger partial charge in [-0.05, 0) is 36.5 Å². The van der Waals surface area contributed by atoms with Gasteiger partial charge in [0.25, 0.3) is 0 Å². The third kappa shape index (κ3) is 13.9. The molecule has 0 aromatic heterocycles. The molecule has 1 rings (SSSR count). The molecule has 0 amide bonds. The first kappa shape index (κ1) is 28.8. The van der Waals surface area contributed by atoms with Crippen LogP contribution in [0.1, 0.15) is 32.8 Å². The van der Waals surface area contributed by atoms with Gasteiger partial charge >= 0.3 is 6.18 Å². The van der Waals surface area contributed by atoms with E-state index in [1.54, 1.807) is 12.1 Å². The number of nitrogens with zero attached hydrogens (tertiary/aromatic N) is 1. The number of rotatable bonds is 10. The Hall–Kier alpha value is -1.24. The maximum atomic E-state index is 12.2. The molecule has 0 saturated carbocycles. The molecular weight excluding hydrogens is 534 g/mol. The minimum Gasteiger partial charge on any atom is -0.484 e. The average molecular weight is 565 g/mol. The summed E-state index contributed by atoms with van der Waals surface area (Å²) in [6.45, 7) is 6.09. The van der Waals surface area contributed by atoms with Crippen LogP contribution in [-0.2, 0) is 16.4 Å². The Labute approximate surface area is 194 Å². The van der Waals surface area contributed by atoms with Gasteiger partial charge in [-0.1, -0.05) is 26.0 Å². The number of ether oxygens (including phenoxy) is 1. The van der Waals surface area contributed by atoms with Crippen LogP contribution in [0.3, 0.4) is 0 Å². The lowest BCUT2D eigenvalue weighted by Gasteiger charge is -2.25. The lowest BCUT2D eigenvalue weighted by Crippen LogP contribution is -2.42. The highest BCUT2D eigenvalue weighted by Crippen LogP contribution is 2.20. The smallest absolute Gasteiger partial charge is 0.422 e. The molecular formula is C19H31F3IN3O3S. The third-order valence-electron chi connectivity index (χ3n) is 3.97. The van der Waals surface area contributed by atoms with E-state index in [2.05, 4.69) is 20.4 Å². The molecule has 174 valence electrons. The van der Waals surface area contributed by atoms with Crippen LogP contribution in [0.5, 0.6) is 5.75 Å². The summed E-state index contributed by atoms with van der Waals surface area (Å²) in [6.07, 6.45) is -2.62. The number of hydrogen-bond acceptors (Lipinski definition) is 4. The monoisotopic (exact) mass is 565 g/mol. The van der Waals surface area contributed by atoms with Crippen LogP contribution >= 0.6 is 24.0 Å². The number of halogens is 4. The van der Waals surface area contributed by atoms with Crippen LogP contribution in [0.25, 0.3) is 0 Å². The molecule has 0 bridgehead atoms. The molecule has 0 radical (unpaired) electrons. The maximum Gasteiger partial charge on any atom is 0.422 e. The predicted molar refractivity (Wildman–Crippen MR) is 124 cm³/mol. The van der Waals surface area contributed by atoms with E-state index in [0.29, 0.717) is 32.0 Å². The van der Waals surface area contributed by atoms with E-state index in [1.807, 2.05) is 20.8 Å². The quantitative estimate of drug-likeness (QED) is 0.257. The van der Waals surface area contributed by atoms with E-state index in [0.717, 1.165) is 5.56 Å². The highest BCUT2D eigenvalue weighted by molar-refractivity contribution is 14.0. The van der Waals surface area contributed by atoms with Gasteiger partial charge in [0, 0.05) is 19.3 Å². The van der Waals surface area contributed by atoms with Gasteiger partial charge in [-0.2, -0.15) is 13.2 Å². The molecule has 0 saturated heterocycles. The highest BCUT2D eigenvalue weighted by Gasteiger charge is 2.28. The molecule has 0 heterocycles. The lowest BCUT2D eigenvalue weighted by molar-refractivity contribution is -0.153. The topological polar surface area (TPSA) is 79.8 Å². The number of nitrogens with one attached hydrogen (secondary N) is 2. The van der Waals surface area contributed by atoms with Crippen LogP contribution in [0.4, 0.5) is 13.2 Å². The van der Waals surface area contributed by atoms with E-state index >= 15 is 0 Å². The van der Waals surface area contributed by atoms with Crippen molar-refractivity contribution in [1.29, 1.82) is 0 Å². The van der Waals surface area contributed by atoms with Gasteiger partial charge in [-0.3, -0.25) is 0 Å². The van der Waals surface area contributed by atoms with E-state index in [1.165, 1.54) is 18.4 Å². The zero-order valence-corrected chi connectivity index (χ0v) is 20.8. The van der Waals surface area contributed by atoms with Crippen LogP contribution in [-0.4, -0.2) is 52.3 Å². The Morgan fingerprint density at radius 1 is 1.13 bits per heavy atom. The molecule has 0 fully saturated rings. The fourth-order valence-corrected chi connectivity index (χ4v) is 3.16. The second-order valence-corrected chi connectivity index (χ2v) is 9.90. The predicted octanol–water partition coefficient (Wildman–Crippen LogP) is 3.76. The largest absolute Gasteiger partial charge is 0.484 e. The number of sulfone groups is 1. The van der Waals surface area contributed by atoms with E-state index in [9.17, 15) is 21.6 Å². The normalized spacial score (nSPS) is 12.8. The molecule has 0 aliphatic rings. The first-order valence-corrected chi connectivity index (χ1v) is 11.3. The maximum absolute atomic E-state index is 12.2. The number of guanidine groups is 1. The van der Waals surface area contributed by atoms with Gasteiger partial charge in [0.2, 0.25) is 0 Å². The standard InChI is InChI=1S/C19H30F3N3O3S.HI/c1-5-23-17(25-13-18(2,3)10-11-29(4,26)27)24-12-15-6-8-16(9-7-15)28-14-19(20,21)22;/h6-9H,5,10-14H2,1-4H3,(H2,23,24,25);1H. The Kier molecular flexibility index (Phi) is 12.1. The Bertz CT molecular complexity index is 767. The molecule has 1 aromatic rings. The van der Waals surface area contributed by atoms with Crippen LogP contribution in [0, 0.1) is 5.41 Å². The van der Waals surface area contributed by atoms with Crippen molar-refractivity contribution >= 4 is 39.8 Å². The second-order valence-electron chi connectivity index (χ2n) is 7.64. The summed E-state index contributed by atoms with van der Waals surface area (Å²) < 4.78 is 64.0. The lowest BCUT2D eigenvalue weighted by atomic mass is 9.90. The molecule has 0 spiro atoms. The Morgan fingerprint density at radius 3 is 2.23 bits per heavy atom. The van der Waals surface area contributed by atoms with Gasteiger partial charge < -0.3 is 15.4 Å². The van der Waals surface area contributed by atoms with E-state index < -0.39 is 22.6 Å². The number of aliphatic imine (C=N–C) groups is 1. The van der Waals surface area contributed by atoms with Crippen molar-refractivity contribution in [2.24, 2.45) is 10.4 Å². The van der Waals surface area contributed by atoms with Crippen LogP contribution in [0.15, 0.2) is 29.3 Å². The summed E-state index contributed by atoms with van der Waals surface area (Å²) in [6, 6.07) is 6.28. The highest BCUT2D eigenvalue weighted by atomic mass is 127. The third-order valence-corrected chi connectivity index (χ3v) is 4.92. The van der Waals surface area contributed by atoms with Crippen LogP contribution in [0.2, 0.25) is 0 Å². The molecule has 0 aliphatic carbocycles. The van der Waals surface area contributed by atoms with Crippen molar-refractivity contribution in [1.82, 2.24) is 10.6 Å². The molecule has 0 unspecified atom stereocenters. The van der Waals surface area contributed by atoms with E-state index in [-0.39, 0.29) is 40.9 Å². The van der Waals surface area contributed by atoms with Gasteiger partial charge in [0.05, 0.1) is 12.3 Å². The van der Waals surface area contributed by atoms with Crippen LogP contribution < -0.4 is 15.4 Å². The first-order valence-electron chi connectivity index (χ1n) is 9.28. The van der Waals surface area contributed by atoms with E-state index in [4.69, 9.17) is 0 Å². The summed E-state index contributed by atoms with van der Waals surface area (Å²) in [7, 11) is -3.01. The molecule has 1 aromatic carbocycles. The summed E-state index contributed by atoms with van der Waals surface area (Å²) in [5, 5.41) is 6.33. The van der Waals surface area contributed by atoms with Gasteiger partial charge in [0.1, 0.15) is 15.6 Å². The summed E-state index contributed by atoms with van der Waals surface area (Å²) in [5.41, 5.74) is 0.578. The SMILES string of the molecule is CCNC(=NCc1ccc(OCC(F)(F)F)cc1)NCC(C)(C)CCS(C)(=O)=O.I. The number of hydrogen-bond donors (Lipinski definition) is 2. The zero-order chi connectivity index (χ0) is 22.1. The average Bonchev–Trinajstić information content (AvgIpc) is 2.60. The Morgan fingerprint density at radius 2 is 1.73 bits per heavy atom. The van der Waals surface area contributed by atoms with Crippen molar-refractivity contribution in [2.45, 2.75) is 39.9 Å². The fraction of sp³-hybridized carbons (Fsp3) is 0.632. The molecule has 30 heavy (non-hydrogen) atoms. The number of alkyl halides is 3. The molecule has 0 atom stereocenters. The zero-order valence-electron chi connectivity index (χ0n) is 17.7. The minimum absolute atomic E-state index is 0. The first-order chi connectivity index (χ1) is 13.3. The second kappa shape index (κ2) is 12.6. The summed E-state index contributed by atoms with van der Waals surface area (Å²) in [5.74, 6) is 0.850. The Balaban J connectivity index is 0.00000841. The molecule has 11 heteroatoms. The molecule has 6 nitrogen and oxygen atoms in total. The van der Waals surface area contributed by atoms with Crippen molar-refractivity contribution in [3.8, 4) is 5.75 Å². The van der Waals surface area contributed by atoms with Gasteiger partial charge in [-0.25, -0.2) is 13.4 Å². The summed E-state index contributed by atoms with van der Waals surface area (Å²) >= 11 is 0. The van der Waals surface area contributed by atoms with Gasteiger partial charge in [0.15, 0.2) is 12.6 Å². The fourth-order valence-electron chi connectivity index (χ4n) is 2.24.